The van der Waals surface area contributed by atoms with Gasteiger partial charge in [-0.2, -0.15) is 0 Å². The highest BCUT2D eigenvalue weighted by Crippen LogP contribution is 2.23. The second-order valence-electron chi connectivity index (χ2n) is 3.94. The van der Waals surface area contributed by atoms with Gasteiger partial charge in [-0.05, 0) is 18.4 Å². The second kappa shape index (κ2) is 5.93. The van der Waals surface area contributed by atoms with Crippen LogP contribution < -0.4 is 5.73 Å². The molecule has 0 bridgehead atoms. The molecule has 2 nitrogen and oxygen atoms in total. The Balaban J connectivity index is 0.00000196. The molecule has 86 valence electrons. The van der Waals surface area contributed by atoms with Crippen molar-refractivity contribution in [2.24, 2.45) is 11.7 Å². The van der Waals surface area contributed by atoms with Crippen LogP contribution in [0.3, 0.4) is 0 Å². The molecule has 0 aromatic heterocycles. The maximum absolute atomic E-state index is 13.3. The van der Waals surface area contributed by atoms with Crippen LogP contribution in [0.4, 0.5) is 4.39 Å². The third-order valence-corrected chi connectivity index (χ3v) is 2.11. The van der Waals surface area contributed by atoms with Gasteiger partial charge in [0.2, 0.25) is 0 Å². The van der Waals surface area contributed by atoms with E-state index in [0.29, 0.717) is 11.5 Å². The Kier molecular flexibility index (Phi) is 5.61. The Morgan fingerprint density at radius 1 is 1.40 bits per heavy atom. The summed E-state index contributed by atoms with van der Waals surface area (Å²) in [6, 6.07) is 3.79. The van der Waals surface area contributed by atoms with E-state index in [9.17, 15) is 4.39 Å². The predicted molar refractivity (Wildman–Crippen MR) is 61.7 cm³/mol. The summed E-state index contributed by atoms with van der Waals surface area (Å²) >= 11 is 0. The van der Waals surface area contributed by atoms with E-state index in [2.05, 4.69) is 0 Å². The molecule has 0 aliphatic heterocycles. The average molecular weight is 234 g/mol. The van der Waals surface area contributed by atoms with Gasteiger partial charge in [-0.3, -0.25) is 0 Å². The van der Waals surface area contributed by atoms with E-state index >= 15 is 0 Å². The number of phenols is 1. The first-order chi connectivity index (χ1) is 6.50. The quantitative estimate of drug-likeness (QED) is 0.843. The highest BCUT2D eigenvalue weighted by Gasteiger charge is 2.12. The summed E-state index contributed by atoms with van der Waals surface area (Å²) in [6.45, 7) is 4.08. The van der Waals surface area contributed by atoms with Crippen LogP contribution in [0.25, 0.3) is 0 Å². The summed E-state index contributed by atoms with van der Waals surface area (Å²) in [4.78, 5) is 0. The van der Waals surface area contributed by atoms with Crippen molar-refractivity contribution in [2.75, 3.05) is 0 Å². The van der Waals surface area contributed by atoms with Crippen molar-refractivity contribution in [3.8, 4) is 5.75 Å². The lowest BCUT2D eigenvalue weighted by Crippen LogP contribution is -2.14. The van der Waals surface area contributed by atoms with Crippen molar-refractivity contribution >= 4 is 12.4 Å². The molecule has 0 saturated carbocycles. The lowest BCUT2D eigenvalue weighted by atomic mass is 9.97. The standard InChI is InChI=1S/C11H16FNO.ClH/c1-7(2)5-11(13)9-4-3-8(14)6-10(9)12;/h3-4,6-7,11,14H,5,13H2,1-2H3;1H/t11-;/m0./s1. The number of phenolic OH excluding ortho intramolecular Hbond substituents is 1. The van der Waals surface area contributed by atoms with Gasteiger partial charge in [0.1, 0.15) is 11.6 Å². The van der Waals surface area contributed by atoms with E-state index in [1.54, 1.807) is 0 Å². The maximum Gasteiger partial charge on any atom is 0.131 e. The number of benzene rings is 1. The van der Waals surface area contributed by atoms with Crippen LogP contribution in [0.15, 0.2) is 18.2 Å². The minimum absolute atomic E-state index is 0. The number of halogens is 2. The lowest BCUT2D eigenvalue weighted by molar-refractivity contribution is 0.459. The number of hydrogen-bond acceptors (Lipinski definition) is 2. The highest BCUT2D eigenvalue weighted by molar-refractivity contribution is 5.85. The molecular weight excluding hydrogens is 217 g/mol. The molecule has 4 heteroatoms. The van der Waals surface area contributed by atoms with Crippen LogP contribution in [0.1, 0.15) is 31.9 Å². The number of nitrogens with two attached hydrogens (primary N) is 1. The van der Waals surface area contributed by atoms with Gasteiger partial charge in [-0.15, -0.1) is 12.4 Å². The minimum Gasteiger partial charge on any atom is -0.508 e. The van der Waals surface area contributed by atoms with Crippen molar-refractivity contribution in [3.63, 3.8) is 0 Å². The van der Waals surface area contributed by atoms with Crippen LogP contribution in [0, 0.1) is 11.7 Å². The first-order valence-electron chi connectivity index (χ1n) is 4.74. The van der Waals surface area contributed by atoms with E-state index in [0.717, 1.165) is 12.5 Å². The molecule has 1 aromatic carbocycles. The topological polar surface area (TPSA) is 46.2 Å². The van der Waals surface area contributed by atoms with Crippen LogP contribution in [0.5, 0.6) is 5.75 Å². The third-order valence-electron chi connectivity index (χ3n) is 2.11. The Morgan fingerprint density at radius 2 is 2.00 bits per heavy atom. The van der Waals surface area contributed by atoms with Crippen LogP contribution in [-0.4, -0.2) is 5.11 Å². The van der Waals surface area contributed by atoms with Gasteiger partial charge in [0.25, 0.3) is 0 Å². The lowest BCUT2D eigenvalue weighted by Gasteiger charge is -2.15. The number of hydrogen-bond donors (Lipinski definition) is 2. The Morgan fingerprint density at radius 3 is 2.47 bits per heavy atom. The molecule has 0 heterocycles. The molecule has 0 aliphatic rings. The minimum atomic E-state index is -0.432. The molecule has 1 rings (SSSR count). The fourth-order valence-electron chi connectivity index (χ4n) is 1.45. The van der Waals surface area contributed by atoms with Crippen LogP contribution in [0.2, 0.25) is 0 Å². The predicted octanol–water partition coefficient (Wildman–Crippen LogP) is 3.00. The van der Waals surface area contributed by atoms with Gasteiger partial charge < -0.3 is 10.8 Å². The molecule has 0 amide bonds. The summed E-state index contributed by atoms with van der Waals surface area (Å²) in [5.41, 5.74) is 6.29. The molecule has 0 fully saturated rings. The van der Waals surface area contributed by atoms with Crippen LogP contribution in [-0.2, 0) is 0 Å². The number of aromatic hydroxyl groups is 1. The smallest absolute Gasteiger partial charge is 0.131 e. The van der Waals surface area contributed by atoms with Crippen molar-refractivity contribution in [1.82, 2.24) is 0 Å². The van der Waals surface area contributed by atoms with Gasteiger partial charge in [0.05, 0.1) is 0 Å². The fourth-order valence-corrected chi connectivity index (χ4v) is 1.45. The van der Waals surface area contributed by atoms with Crippen molar-refractivity contribution in [2.45, 2.75) is 26.3 Å². The van der Waals surface area contributed by atoms with Crippen molar-refractivity contribution in [3.05, 3.63) is 29.6 Å². The maximum atomic E-state index is 13.3. The van der Waals surface area contributed by atoms with E-state index in [4.69, 9.17) is 10.8 Å². The Bertz CT molecular complexity index is 317. The van der Waals surface area contributed by atoms with E-state index in [1.807, 2.05) is 13.8 Å². The van der Waals surface area contributed by atoms with Gasteiger partial charge in [0, 0.05) is 17.7 Å². The summed E-state index contributed by atoms with van der Waals surface area (Å²) in [5, 5.41) is 9.02. The molecule has 0 radical (unpaired) electrons. The Labute approximate surface area is 95.7 Å². The highest BCUT2D eigenvalue weighted by atomic mass is 35.5. The number of rotatable bonds is 3. The SMILES string of the molecule is CC(C)C[C@H](N)c1ccc(O)cc1F.Cl. The van der Waals surface area contributed by atoms with E-state index in [-0.39, 0.29) is 24.2 Å². The van der Waals surface area contributed by atoms with E-state index in [1.165, 1.54) is 12.1 Å². The molecule has 1 aromatic rings. The second-order valence-corrected chi connectivity index (χ2v) is 3.94. The summed E-state index contributed by atoms with van der Waals surface area (Å²) in [6.07, 6.45) is 0.738. The summed E-state index contributed by atoms with van der Waals surface area (Å²) < 4.78 is 13.3. The molecule has 15 heavy (non-hydrogen) atoms. The zero-order valence-electron chi connectivity index (χ0n) is 8.90. The zero-order valence-corrected chi connectivity index (χ0v) is 9.72. The first kappa shape index (κ1) is 14.2. The van der Waals surface area contributed by atoms with Crippen molar-refractivity contribution in [1.29, 1.82) is 0 Å². The first-order valence-corrected chi connectivity index (χ1v) is 4.74. The van der Waals surface area contributed by atoms with Gasteiger partial charge in [-0.25, -0.2) is 4.39 Å². The van der Waals surface area contributed by atoms with Gasteiger partial charge >= 0.3 is 0 Å². The summed E-state index contributed by atoms with van der Waals surface area (Å²) in [5.74, 6) is -0.0700. The normalized spacial score (nSPS) is 12.3. The summed E-state index contributed by atoms with van der Waals surface area (Å²) in [7, 11) is 0. The average Bonchev–Trinajstić information content (AvgIpc) is 2.01. The molecule has 0 saturated heterocycles. The molecule has 1 atom stereocenters. The molecule has 0 aliphatic carbocycles. The molecular formula is C11H17ClFNO. The largest absolute Gasteiger partial charge is 0.508 e. The third kappa shape index (κ3) is 4.06. The Hall–Kier alpha value is -0.800. The van der Waals surface area contributed by atoms with Crippen LogP contribution >= 0.6 is 12.4 Å². The molecule has 0 unspecified atom stereocenters. The molecule has 3 N–H and O–H groups in total. The monoisotopic (exact) mass is 233 g/mol. The van der Waals surface area contributed by atoms with E-state index < -0.39 is 5.82 Å². The zero-order chi connectivity index (χ0) is 10.7. The van der Waals surface area contributed by atoms with Gasteiger partial charge in [-0.1, -0.05) is 19.9 Å². The molecule has 0 spiro atoms. The van der Waals surface area contributed by atoms with Crippen molar-refractivity contribution < 1.29 is 9.50 Å². The fraction of sp³-hybridized carbons (Fsp3) is 0.455. The van der Waals surface area contributed by atoms with Gasteiger partial charge in [0.15, 0.2) is 0 Å².